The lowest BCUT2D eigenvalue weighted by atomic mass is 10.1. The van der Waals surface area contributed by atoms with Crippen molar-refractivity contribution in [2.75, 3.05) is 14.2 Å². The van der Waals surface area contributed by atoms with Gasteiger partial charge in [-0.1, -0.05) is 0 Å². The second-order valence-corrected chi connectivity index (χ2v) is 4.20. The molecule has 0 N–H and O–H groups in total. The second kappa shape index (κ2) is 4.43. The van der Waals surface area contributed by atoms with Gasteiger partial charge in [0.2, 0.25) is 0 Å². The van der Waals surface area contributed by atoms with Crippen molar-refractivity contribution >= 4 is 0 Å². The molecule has 3 heterocycles. The van der Waals surface area contributed by atoms with Crippen LogP contribution in [0.2, 0.25) is 0 Å². The standard InChI is InChI=1S/C10H16O7/c1-4-5-6(15-9(11-2)13-4)7-8(14-5)17-10(12-3)16-7/h4-10H,1-3H3. The van der Waals surface area contributed by atoms with E-state index in [-0.39, 0.29) is 24.4 Å². The molecule has 3 saturated heterocycles. The zero-order valence-corrected chi connectivity index (χ0v) is 9.90. The molecule has 3 rings (SSSR count). The van der Waals surface area contributed by atoms with E-state index in [0.29, 0.717) is 0 Å². The fourth-order valence-corrected chi connectivity index (χ4v) is 2.34. The van der Waals surface area contributed by atoms with Crippen molar-refractivity contribution < 1.29 is 33.2 Å². The van der Waals surface area contributed by atoms with Gasteiger partial charge in [0, 0.05) is 14.2 Å². The number of methoxy groups -OCH3 is 2. The SMILES string of the molecule is COC1OC2OC3C(C)OC(OC)OC3C2O1. The van der Waals surface area contributed by atoms with Crippen molar-refractivity contribution in [1.82, 2.24) is 0 Å². The summed E-state index contributed by atoms with van der Waals surface area (Å²) >= 11 is 0. The van der Waals surface area contributed by atoms with Crippen LogP contribution in [0.4, 0.5) is 0 Å². The number of rotatable bonds is 2. The molecule has 0 aromatic heterocycles. The molecule has 0 aromatic rings. The zero-order chi connectivity index (χ0) is 12.0. The maximum atomic E-state index is 5.69. The molecule has 3 aliphatic heterocycles. The highest BCUT2D eigenvalue weighted by Crippen LogP contribution is 2.39. The largest absolute Gasteiger partial charge is 0.341 e. The number of hydrogen-bond donors (Lipinski definition) is 0. The van der Waals surface area contributed by atoms with Gasteiger partial charge in [0.05, 0.1) is 6.10 Å². The van der Waals surface area contributed by atoms with Crippen LogP contribution in [-0.4, -0.2) is 57.9 Å². The predicted molar refractivity (Wildman–Crippen MR) is 51.6 cm³/mol. The molecule has 98 valence electrons. The third-order valence-electron chi connectivity index (χ3n) is 3.16. The highest BCUT2D eigenvalue weighted by Gasteiger charge is 2.57. The predicted octanol–water partition coefficient (Wildman–Crippen LogP) is -0.209. The molecule has 7 nitrogen and oxygen atoms in total. The maximum absolute atomic E-state index is 5.69. The minimum Gasteiger partial charge on any atom is -0.341 e. The topological polar surface area (TPSA) is 64.6 Å². The summed E-state index contributed by atoms with van der Waals surface area (Å²) in [6.45, 7) is 0.508. The Morgan fingerprint density at radius 1 is 0.706 bits per heavy atom. The monoisotopic (exact) mass is 248 g/mol. The normalized spacial score (nSPS) is 53.5. The average Bonchev–Trinajstić information content (AvgIpc) is 2.86. The summed E-state index contributed by atoms with van der Waals surface area (Å²) < 4.78 is 37.7. The molecule has 7 atom stereocenters. The molecule has 0 radical (unpaired) electrons. The van der Waals surface area contributed by atoms with Gasteiger partial charge in [0.1, 0.15) is 18.3 Å². The summed E-state index contributed by atoms with van der Waals surface area (Å²) in [4.78, 5) is 0. The molecule has 3 aliphatic rings. The van der Waals surface area contributed by atoms with Gasteiger partial charge in [-0.3, -0.25) is 4.74 Å². The summed E-state index contributed by atoms with van der Waals surface area (Å²) in [5, 5.41) is 0. The molecule has 0 spiro atoms. The van der Waals surface area contributed by atoms with E-state index in [0.717, 1.165) is 0 Å². The summed E-state index contributed by atoms with van der Waals surface area (Å²) in [7, 11) is 3.03. The van der Waals surface area contributed by atoms with E-state index in [4.69, 9.17) is 33.2 Å². The van der Waals surface area contributed by atoms with E-state index in [1.807, 2.05) is 6.92 Å². The van der Waals surface area contributed by atoms with Gasteiger partial charge in [0.15, 0.2) is 6.29 Å². The van der Waals surface area contributed by atoms with Crippen molar-refractivity contribution in [2.24, 2.45) is 0 Å². The highest BCUT2D eigenvalue weighted by atomic mass is 16.9. The van der Waals surface area contributed by atoms with Gasteiger partial charge in [-0.05, 0) is 6.92 Å². The van der Waals surface area contributed by atoms with E-state index in [1.54, 1.807) is 0 Å². The zero-order valence-electron chi connectivity index (χ0n) is 9.90. The van der Waals surface area contributed by atoms with E-state index < -0.39 is 19.2 Å². The van der Waals surface area contributed by atoms with Gasteiger partial charge in [-0.2, -0.15) is 0 Å². The van der Waals surface area contributed by atoms with Crippen LogP contribution in [-0.2, 0) is 33.2 Å². The van der Waals surface area contributed by atoms with Crippen LogP contribution in [0.3, 0.4) is 0 Å². The Hall–Kier alpha value is -0.280. The molecule has 0 aromatic carbocycles. The van der Waals surface area contributed by atoms with Crippen molar-refractivity contribution in [3.05, 3.63) is 0 Å². The minimum absolute atomic E-state index is 0.141. The number of fused-ring (bicyclic) bond motifs is 3. The number of ether oxygens (including phenoxy) is 7. The summed E-state index contributed by atoms with van der Waals surface area (Å²) in [6, 6.07) is 0. The first-order valence-corrected chi connectivity index (χ1v) is 5.56. The van der Waals surface area contributed by atoms with E-state index >= 15 is 0 Å². The van der Waals surface area contributed by atoms with E-state index in [1.165, 1.54) is 14.2 Å². The molecule has 0 saturated carbocycles. The Labute approximate surface area is 98.8 Å². The Morgan fingerprint density at radius 2 is 1.35 bits per heavy atom. The summed E-state index contributed by atoms with van der Waals surface area (Å²) in [6.07, 6.45) is -1.41. The van der Waals surface area contributed by atoms with Crippen molar-refractivity contribution in [3.63, 3.8) is 0 Å². The van der Waals surface area contributed by atoms with E-state index in [2.05, 4.69) is 0 Å². The molecule has 17 heavy (non-hydrogen) atoms. The smallest absolute Gasteiger partial charge is 0.274 e. The van der Waals surface area contributed by atoms with Gasteiger partial charge in [0.25, 0.3) is 13.0 Å². The first kappa shape index (κ1) is 11.8. The van der Waals surface area contributed by atoms with Crippen LogP contribution in [0.5, 0.6) is 0 Å². The van der Waals surface area contributed by atoms with Crippen molar-refractivity contribution in [3.8, 4) is 0 Å². The quantitative estimate of drug-likeness (QED) is 0.670. The van der Waals surface area contributed by atoms with Crippen LogP contribution < -0.4 is 0 Å². The van der Waals surface area contributed by atoms with Gasteiger partial charge in [-0.25, -0.2) is 0 Å². The fourth-order valence-electron chi connectivity index (χ4n) is 2.34. The van der Waals surface area contributed by atoms with E-state index in [9.17, 15) is 0 Å². The molecule has 0 bridgehead atoms. The molecular weight excluding hydrogens is 232 g/mol. The first-order valence-electron chi connectivity index (χ1n) is 5.56. The molecule has 0 amide bonds. The molecular formula is C10H16O7. The molecule has 3 fully saturated rings. The molecule has 7 heteroatoms. The third kappa shape index (κ3) is 1.88. The van der Waals surface area contributed by atoms with Crippen LogP contribution in [0.25, 0.3) is 0 Å². The first-order chi connectivity index (χ1) is 8.22. The summed E-state index contributed by atoms with van der Waals surface area (Å²) in [5.41, 5.74) is 0. The lowest BCUT2D eigenvalue weighted by Crippen LogP contribution is -2.51. The highest BCUT2D eigenvalue weighted by molar-refractivity contribution is 4.95. The van der Waals surface area contributed by atoms with Crippen LogP contribution in [0.15, 0.2) is 0 Å². The Balaban J connectivity index is 1.73. The van der Waals surface area contributed by atoms with Gasteiger partial charge < -0.3 is 28.4 Å². The Bertz CT molecular complexity index is 286. The molecule has 0 aliphatic carbocycles. The van der Waals surface area contributed by atoms with Crippen LogP contribution in [0, 0.1) is 0 Å². The fraction of sp³-hybridized carbons (Fsp3) is 1.00. The number of hydrogen-bond acceptors (Lipinski definition) is 7. The van der Waals surface area contributed by atoms with Crippen molar-refractivity contribution in [2.45, 2.75) is 50.6 Å². The van der Waals surface area contributed by atoms with Crippen LogP contribution >= 0.6 is 0 Å². The lowest BCUT2D eigenvalue weighted by Gasteiger charge is -2.36. The molecule has 7 unspecified atom stereocenters. The van der Waals surface area contributed by atoms with Crippen LogP contribution in [0.1, 0.15) is 6.92 Å². The Morgan fingerprint density at radius 3 is 2.06 bits per heavy atom. The van der Waals surface area contributed by atoms with Crippen molar-refractivity contribution in [1.29, 1.82) is 0 Å². The second-order valence-electron chi connectivity index (χ2n) is 4.20. The maximum Gasteiger partial charge on any atom is 0.274 e. The van der Waals surface area contributed by atoms with Gasteiger partial charge >= 0.3 is 0 Å². The minimum atomic E-state index is -0.700. The summed E-state index contributed by atoms with van der Waals surface area (Å²) in [5.74, 6) is 0. The lowest BCUT2D eigenvalue weighted by molar-refractivity contribution is -0.374. The van der Waals surface area contributed by atoms with Gasteiger partial charge in [-0.15, -0.1) is 0 Å². The average molecular weight is 248 g/mol. The Kier molecular flexibility index (Phi) is 3.07. The third-order valence-corrected chi connectivity index (χ3v) is 3.16.